The van der Waals surface area contributed by atoms with Gasteiger partial charge in [0.25, 0.3) is 0 Å². The Labute approximate surface area is 150 Å². The van der Waals surface area contributed by atoms with Crippen LogP contribution in [0.2, 0.25) is 0 Å². The Kier molecular flexibility index (Phi) is 6.57. The summed E-state index contributed by atoms with van der Waals surface area (Å²) in [7, 11) is 3.30. The van der Waals surface area contributed by atoms with Gasteiger partial charge in [0, 0.05) is 13.1 Å². The van der Waals surface area contributed by atoms with Gasteiger partial charge < -0.3 is 19.3 Å². The number of nitrogens with zero attached hydrogens (tertiary/aromatic N) is 1. The number of rotatable bonds is 6. The van der Waals surface area contributed by atoms with Crippen molar-refractivity contribution in [3.63, 3.8) is 0 Å². The van der Waals surface area contributed by atoms with Crippen molar-refractivity contribution in [2.75, 3.05) is 40.5 Å². The molecule has 0 unspecified atom stereocenters. The summed E-state index contributed by atoms with van der Waals surface area (Å²) in [5, 5.41) is 9.87. The highest BCUT2D eigenvalue weighted by Gasteiger charge is 2.35. The molecule has 0 bridgehead atoms. The average Bonchev–Trinajstić information content (AvgIpc) is 2.68. The molecule has 2 aliphatic rings. The quantitative estimate of drug-likeness (QED) is 0.855. The van der Waals surface area contributed by atoms with Crippen molar-refractivity contribution in [2.24, 2.45) is 5.92 Å². The molecular formula is C20H31NO4. The Hall–Kier alpha value is -1.30. The van der Waals surface area contributed by atoms with E-state index in [1.54, 1.807) is 14.2 Å². The summed E-state index contributed by atoms with van der Waals surface area (Å²) in [5.41, 5.74) is 1.12. The van der Waals surface area contributed by atoms with Gasteiger partial charge in [-0.15, -0.1) is 0 Å². The molecule has 2 fully saturated rings. The van der Waals surface area contributed by atoms with E-state index in [4.69, 9.17) is 14.2 Å². The second kappa shape index (κ2) is 8.88. The van der Waals surface area contributed by atoms with Crippen LogP contribution in [0, 0.1) is 5.92 Å². The fourth-order valence-corrected chi connectivity index (χ4v) is 4.31. The SMILES string of the molecule is COc1ccc([C@H]2[C@H](CO)OCCN2CC2CCCCC2)cc1OC. The Morgan fingerprint density at radius 1 is 1.12 bits per heavy atom. The largest absolute Gasteiger partial charge is 0.493 e. The summed E-state index contributed by atoms with van der Waals surface area (Å²) >= 11 is 0. The zero-order chi connectivity index (χ0) is 17.6. The minimum absolute atomic E-state index is 0.0280. The van der Waals surface area contributed by atoms with Crippen molar-refractivity contribution >= 4 is 0 Å². The molecule has 5 nitrogen and oxygen atoms in total. The maximum absolute atomic E-state index is 9.87. The molecule has 1 aromatic rings. The van der Waals surface area contributed by atoms with E-state index in [9.17, 15) is 5.11 Å². The van der Waals surface area contributed by atoms with Gasteiger partial charge in [0.05, 0.1) is 33.5 Å². The molecule has 0 amide bonds. The van der Waals surface area contributed by atoms with Crippen LogP contribution in [0.1, 0.15) is 43.7 Å². The fraction of sp³-hybridized carbons (Fsp3) is 0.700. The summed E-state index contributed by atoms with van der Waals surface area (Å²) < 4.78 is 16.7. The van der Waals surface area contributed by atoms with Crippen molar-refractivity contribution < 1.29 is 19.3 Å². The van der Waals surface area contributed by atoms with Crippen molar-refractivity contribution in [3.8, 4) is 11.5 Å². The molecule has 0 spiro atoms. The van der Waals surface area contributed by atoms with E-state index in [2.05, 4.69) is 11.0 Å². The molecule has 1 N–H and O–H groups in total. The van der Waals surface area contributed by atoms with Gasteiger partial charge in [0.15, 0.2) is 11.5 Å². The topological polar surface area (TPSA) is 51.2 Å². The third-order valence-electron chi connectivity index (χ3n) is 5.60. The number of morpholine rings is 1. The van der Waals surface area contributed by atoms with E-state index < -0.39 is 0 Å². The van der Waals surface area contributed by atoms with E-state index in [0.717, 1.165) is 36.1 Å². The Morgan fingerprint density at radius 2 is 1.88 bits per heavy atom. The molecule has 140 valence electrons. The first-order valence-electron chi connectivity index (χ1n) is 9.45. The number of benzene rings is 1. The molecule has 1 aliphatic carbocycles. The lowest BCUT2D eigenvalue weighted by Gasteiger charge is -2.43. The normalized spacial score (nSPS) is 25.7. The minimum Gasteiger partial charge on any atom is -0.493 e. The number of hydrogen-bond acceptors (Lipinski definition) is 5. The van der Waals surface area contributed by atoms with E-state index >= 15 is 0 Å². The van der Waals surface area contributed by atoms with Crippen LogP contribution in [-0.4, -0.2) is 56.6 Å². The lowest BCUT2D eigenvalue weighted by molar-refractivity contribution is -0.0978. The maximum atomic E-state index is 9.87. The smallest absolute Gasteiger partial charge is 0.161 e. The molecule has 1 aromatic carbocycles. The van der Waals surface area contributed by atoms with Gasteiger partial charge in [0.2, 0.25) is 0 Å². The number of methoxy groups -OCH3 is 2. The van der Waals surface area contributed by atoms with Crippen LogP contribution >= 0.6 is 0 Å². The van der Waals surface area contributed by atoms with Gasteiger partial charge >= 0.3 is 0 Å². The lowest BCUT2D eigenvalue weighted by Crippen LogP contribution is -2.48. The van der Waals surface area contributed by atoms with Crippen LogP contribution < -0.4 is 9.47 Å². The molecule has 0 aromatic heterocycles. The second-order valence-corrected chi connectivity index (χ2v) is 7.15. The van der Waals surface area contributed by atoms with Gasteiger partial charge in [0.1, 0.15) is 6.10 Å². The summed E-state index contributed by atoms with van der Waals surface area (Å²) in [6.45, 7) is 2.70. The molecule has 3 rings (SSSR count). The summed E-state index contributed by atoms with van der Waals surface area (Å²) in [6.07, 6.45) is 6.51. The Bertz CT molecular complexity index is 544. The first kappa shape index (κ1) is 18.5. The molecule has 0 radical (unpaired) electrons. The lowest BCUT2D eigenvalue weighted by atomic mass is 9.87. The van der Waals surface area contributed by atoms with E-state index in [-0.39, 0.29) is 18.8 Å². The summed E-state index contributed by atoms with van der Waals surface area (Å²) in [4.78, 5) is 2.50. The number of aliphatic hydroxyl groups is 1. The van der Waals surface area contributed by atoms with Gasteiger partial charge in [-0.1, -0.05) is 25.3 Å². The first-order valence-corrected chi connectivity index (χ1v) is 9.45. The monoisotopic (exact) mass is 349 g/mol. The molecule has 1 saturated carbocycles. The van der Waals surface area contributed by atoms with Crippen molar-refractivity contribution in [3.05, 3.63) is 23.8 Å². The van der Waals surface area contributed by atoms with E-state index in [1.807, 2.05) is 12.1 Å². The Balaban J connectivity index is 1.84. The van der Waals surface area contributed by atoms with Crippen LogP contribution in [0.5, 0.6) is 11.5 Å². The fourth-order valence-electron chi connectivity index (χ4n) is 4.31. The predicted molar refractivity (Wildman–Crippen MR) is 97.3 cm³/mol. The zero-order valence-corrected chi connectivity index (χ0v) is 15.4. The van der Waals surface area contributed by atoms with Crippen molar-refractivity contribution in [2.45, 2.75) is 44.2 Å². The molecule has 5 heteroatoms. The molecule has 25 heavy (non-hydrogen) atoms. The number of aliphatic hydroxyl groups excluding tert-OH is 1. The van der Waals surface area contributed by atoms with E-state index in [1.165, 1.54) is 32.1 Å². The third kappa shape index (κ3) is 4.27. The summed E-state index contributed by atoms with van der Waals surface area (Å²) in [5.74, 6) is 2.20. The Morgan fingerprint density at radius 3 is 2.56 bits per heavy atom. The number of ether oxygens (including phenoxy) is 3. The van der Waals surface area contributed by atoms with Crippen LogP contribution in [0.25, 0.3) is 0 Å². The van der Waals surface area contributed by atoms with Crippen LogP contribution in [0.15, 0.2) is 18.2 Å². The van der Waals surface area contributed by atoms with E-state index in [0.29, 0.717) is 6.61 Å². The van der Waals surface area contributed by atoms with Crippen LogP contribution in [0.4, 0.5) is 0 Å². The summed E-state index contributed by atoms with van der Waals surface area (Å²) in [6, 6.07) is 6.09. The molecule has 1 saturated heterocycles. The van der Waals surface area contributed by atoms with Gasteiger partial charge in [-0.05, 0) is 36.5 Å². The minimum atomic E-state index is -0.199. The third-order valence-corrected chi connectivity index (χ3v) is 5.60. The first-order chi connectivity index (χ1) is 12.3. The molecule has 1 aliphatic heterocycles. The second-order valence-electron chi connectivity index (χ2n) is 7.15. The zero-order valence-electron chi connectivity index (χ0n) is 15.4. The highest BCUT2D eigenvalue weighted by atomic mass is 16.5. The van der Waals surface area contributed by atoms with Gasteiger partial charge in [-0.25, -0.2) is 0 Å². The van der Waals surface area contributed by atoms with Crippen molar-refractivity contribution in [1.29, 1.82) is 0 Å². The highest BCUT2D eigenvalue weighted by molar-refractivity contribution is 5.44. The predicted octanol–water partition coefficient (Wildman–Crippen LogP) is 3.02. The van der Waals surface area contributed by atoms with Crippen molar-refractivity contribution in [1.82, 2.24) is 4.90 Å². The standard InChI is InChI=1S/C20H31NO4/c1-23-17-9-8-16(12-18(17)24-2)20-19(14-22)25-11-10-21(20)13-15-6-4-3-5-7-15/h8-9,12,15,19-20,22H,3-7,10-11,13-14H2,1-2H3/t19-,20-/m0/s1. The molecule has 2 atom stereocenters. The van der Waals surface area contributed by atoms with Crippen LogP contribution in [0.3, 0.4) is 0 Å². The molecule has 1 heterocycles. The molecular weight excluding hydrogens is 318 g/mol. The average molecular weight is 349 g/mol. The van der Waals surface area contributed by atoms with Gasteiger partial charge in [-0.2, -0.15) is 0 Å². The van der Waals surface area contributed by atoms with Crippen LogP contribution in [-0.2, 0) is 4.74 Å². The maximum Gasteiger partial charge on any atom is 0.161 e. The number of hydrogen-bond donors (Lipinski definition) is 1. The van der Waals surface area contributed by atoms with Gasteiger partial charge in [-0.3, -0.25) is 4.90 Å². The highest BCUT2D eigenvalue weighted by Crippen LogP contribution is 2.37.